The van der Waals surface area contributed by atoms with Crippen LogP contribution in [-0.4, -0.2) is 18.5 Å². The summed E-state index contributed by atoms with van der Waals surface area (Å²) in [5.41, 5.74) is 3.32. The third-order valence-corrected chi connectivity index (χ3v) is 2.85. The molecule has 0 unspecified atom stereocenters. The molecule has 0 spiro atoms. The van der Waals surface area contributed by atoms with E-state index >= 15 is 0 Å². The van der Waals surface area contributed by atoms with Crippen molar-refractivity contribution in [2.45, 2.75) is 25.8 Å². The fraction of sp³-hybridized carbons (Fsp3) is 0.500. The lowest BCUT2D eigenvalue weighted by molar-refractivity contribution is 0.235. The van der Waals surface area contributed by atoms with E-state index in [9.17, 15) is 0 Å². The van der Waals surface area contributed by atoms with Crippen molar-refractivity contribution in [2.75, 3.05) is 13.6 Å². The van der Waals surface area contributed by atoms with Crippen molar-refractivity contribution in [3.05, 3.63) is 35.4 Å². The maximum atomic E-state index is 2.39. The highest BCUT2D eigenvalue weighted by molar-refractivity contribution is 5.85. The Balaban J connectivity index is 0.000000980. The second kappa shape index (κ2) is 3.92. The summed E-state index contributed by atoms with van der Waals surface area (Å²) >= 11 is 0. The summed E-state index contributed by atoms with van der Waals surface area (Å²) in [6, 6.07) is 8.79. The normalized spacial score (nSPS) is 19.6. The van der Waals surface area contributed by atoms with Gasteiger partial charge in [-0.25, -0.2) is 0 Å². The van der Waals surface area contributed by atoms with E-state index in [0.717, 1.165) is 13.1 Å². The third-order valence-electron chi connectivity index (χ3n) is 2.85. The molecule has 0 atom stereocenters. The first kappa shape index (κ1) is 11.5. The highest BCUT2D eigenvalue weighted by Crippen LogP contribution is 2.31. The van der Waals surface area contributed by atoms with Gasteiger partial charge in [-0.1, -0.05) is 38.1 Å². The van der Waals surface area contributed by atoms with Crippen LogP contribution in [-0.2, 0) is 12.0 Å². The molecule has 0 aromatic heterocycles. The van der Waals surface area contributed by atoms with Gasteiger partial charge in [0.05, 0.1) is 0 Å². The number of fused-ring (bicyclic) bond motifs is 1. The lowest BCUT2D eigenvalue weighted by Crippen LogP contribution is -2.39. The number of hydrogen-bond donors (Lipinski definition) is 0. The number of rotatable bonds is 0. The predicted octanol–water partition coefficient (Wildman–Crippen LogP) is 2.83. The van der Waals surface area contributed by atoms with Gasteiger partial charge in [-0.2, -0.15) is 0 Å². The van der Waals surface area contributed by atoms with Gasteiger partial charge in [-0.3, -0.25) is 0 Å². The monoisotopic (exact) mass is 211 g/mol. The Kier molecular flexibility index (Phi) is 3.23. The highest BCUT2D eigenvalue weighted by atomic mass is 35.5. The van der Waals surface area contributed by atoms with Crippen LogP contribution < -0.4 is 0 Å². The SMILES string of the molecule is CN1Cc2ccccc2C(C)(C)C1.Cl. The molecule has 0 N–H and O–H groups in total. The molecule has 78 valence electrons. The average Bonchev–Trinajstić information content (AvgIpc) is 2.02. The molecule has 0 aliphatic carbocycles. The van der Waals surface area contributed by atoms with Crippen LogP contribution in [0.1, 0.15) is 25.0 Å². The van der Waals surface area contributed by atoms with Crippen LogP contribution in [0.15, 0.2) is 24.3 Å². The molecule has 1 nitrogen and oxygen atoms in total. The van der Waals surface area contributed by atoms with Crippen molar-refractivity contribution < 1.29 is 0 Å². The topological polar surface area (TPSA) is 3.24 Å². The molecule has 0 amide bonds. The molecule has 1 heterocycles. The molecule has 2 rings (SSSR count). The number of hydrogen-bond acceptors (Lipinski definition) is 1. The summed E-state index contributed by atoms with van der Waals surface area (Å²) in [5.74, 6) is 0. The van der Waals surface area contributed by atoms with Crippen LogP contribution >= 0.6 is 12.4 Å². The molecule has 14 heavy (non-hydrogen) atoms. The van der Waals surface area contributed by atoms with Gasteiger partial charge in [-0.15, -0.1) is 12.4 Å². The van der Waals surface area contributed by atoms with E-state index < -0.39 is 0 Å². The Morgan fingerprint density at radius 1 is 1.21 bits per heavy atom. The maximum absolute atomic E-state index is 2.39. The van der Waals surface area contributed by atoms with Crippen molar-refractivity contribution in [1.82, 2.24) is 4.90 Å². The molecule has 2 heteroatoms. The van der Waals surface area contributed by atoms with Crippen LogP contribution in [0.3, 0.4) is 0 Å². The largest absolute Gasteiger partial charge is 0.301 e. The van der Waals surface area contributed by atoms with E-state index in [-0.39, 0.29) is 12.4 Å². The first-order valence-electron chi connectivity index (χ1n) is 4.86. The molecule has 1 aliphatic heterocycles. The number of nitrogens with zero attached hydrogens (tertiary/aromatic N) is 1. The number of halogens is 1. The molecule has 1 aromatic carbocycles. The average molecular weight is 212 g/mol. The fourth-order valence-electron chi connectivity index (χ4n) is 2.43. The van der Waals surface area contributed by atoms with Crippen molar-refractivity contribution in [3.8, 4) is 0 Å². The molecule has 0 fully saturated rings. The quantitative estimate of drug-likeness (QED) is 0.638. The van der Waals surface area contributed by atoms with Crippen LogP contribution in [0, 0.1) is 0 Å². The lowest BCUT2D eigenvalue weighted by atomic mass is 9.79. The zero-order valence-electron chi connectivity index (χ0n) is 9.08. The summed E-state index contributed by atoms with van der Waals surface area (Å²) in [7, 11) is 2.19. The molecule has 0 saturated carbocycles. The van der Waals surface area contributed by atoms with Gasteiger partial charge in [0.2, 0.25) is 0 Å². The number of benzene rings is 1. The van der Waals surface area contributed by atoms with Gasteiger partial charge < -0.3 is 4.90 Å². The Morgan fingerprint density at radius 3 is 2.57 bits per heavy atom. The molecule has 1 aromatic rings. The van der Waals surface area contributed by atoms with Crippen LogP contribution in [0.25, 0.3) is 0 Å². The maximum Gasteiger partial charge on any atom is 0.0234 e. The first-order valence-corrected chi connectivity index (χ1v) is 4.86. The summed E-state index contributed by atoms with van der Waals surface area (Å²) in [4.78, 5) is 2.39. The smallest absolute Gasteiger partial charge is 0.0234 e. The van der Waals surface area contributed by atoms with E-state index in [1.165, 1.54) is 11.1 Å². The van der Waals surface area contributed by atoms with Gasteiger partial charge >= 0.3 is 0 Å². The Morgan fingerprint density at radius 2 is 1.86 bits per heavy atom. The summed E-state index contributed by atoms with van der Waals surface area (Å²) in [6.45, 7) is 6.90. The minimum Gasteiger partial charge on any atom is -0.301 e. The van der Waals surface area contributed by atoms with Gasteiger partial charge in [0, 0.05) is 18.5 Å². The lowest BCUT2D eigenvalue weighted by Gasteiger charge is -2.38. The zero-order chi connectivity index (χ0) is 9.47. The molecular formula is C12H18ClN. The second-order valence-electron chi connectivity index (χ2n) is 4.71. The summed E-state index contributed by atoms with van der Waals surface area (Å²) < 4.78 is 0. The minimum absolute atomic E-state index is 0. The Hall–Kier alpha value is -0.530. The van der Waals surface area contributed by atoms with E-state index in [2.05, 4.69) is 50.1 Å². The Labute approximate surface area is 92.5 Å². The molecule has 0 radical (unpaired) electrons. The predicted molar refractivity (Wildman–Crippen MR) is 63.1 cm³/mol. The molecule has 1 aliphatic rings. The second-order valence-corrected chi connectivity index (χ2v) is 4.71. The van der Waals surface area contributed by atoms with Crippen LogP contribution in [0.4, 0.5) is 0 Å². The fourth-order valence-corrected chi connectivity index (χ4v) is 2.43. The van der Waals surface area contributed by atoms with Crippen LogP contribution in [0.2, 0.25) is 0 Å². The first-order chi connectivity index (χ1) is 6.09. The van der Waals surface area contributed by atoms with Crippen LogP contribution in [0.5, 0.6) is 0 Å². The van der Waals surface area contributed by atoms with Crippen molar-refractivity contribution >= 4 is 12.4 Å². The van der Waals surface area contributed by atoms with Gasteiger partial charge in [0.15, 0.2) is 0 Å². The van der Waals surface area contributed by atoms with Crippen molar-refractivity contribution in [2.24, 2.45) is 0 Å². The molecule has 0 saturated heterocycles. The highest BCUT2D eigenvalue weighted by Gasteiger charge is 2.29. The third kappa shape index (κ3) is 1.94. The van der Waals surface area contributed by atoms with Gasteiger partial charge in [0.25, 0.3) is 0 Å². The molecular weight excluding hydrogens is 194 g/mol. The van der Waals surface area contributed by atoms with E-state index in [4.69, 9.17) is 0 Å². The summed E-state index contributed by atoms with van der Waals surface area (Å²) in [5, 5.41) is 0. The van der Waals surface area contributed by atoms with Crippen molar-refractivity contribution in [1.29, 1.82) is 0 Å². The van der Waals surface area contributed by atoms with E-state index in [1.54, 1.807) is 0 Å². The number of likely N-dealkylation sites (N-methyl/N-ethyl adjacent to an activating group) is 1. The Bertz CT molecular complexity index is 320. The summed E-state index contributed by atoms with van der Waals surface area (Å²) in [6.07, 6.45) is 0. The minimum atomic E-state index is 0. The molecule has 0 bridgehead atoms. The van der Waals surface area contributed by atoms with Crippen molar-refractivity contribution in [3.63, 3.8) is 0 Å². The van der Waals surface area contributed by atoms with E-state index in [1.807, 2.05) is 0 Å². The van der Waals surface area contributed by atoms with Gasteiger partial charge in [-0.05, 0) is 18.2 Å². The standard InChI is InChI=1S/C12H17N.ClH/c1-12(2)9-13(3)8-10-6-4-5-7-11(10)12;/h4-7H,8-9H2,1-3H3;1H. The zero-order valence-corrected chi connectivity index (χ0v) is 9.90. The van der Waals surface area contributed by atoms with E-state index in [0.29, 0.717) is 5.41 Å². The van der Waals surface area contributed by atoms with Gasteiger partial charge in [0.1, 0.15) is 0 Å².